The molecule has 17 heavy (non-hydrogen) atoms. The zero-order valence-corrected chi connectivity index (χ0v) is 11.2. The first kappa shape index (κ1) is 16.8. The topological polar surface area (TPSA) is 51.0 Å². The van der Waals surface area contributed by atoms with Gasteiger partial charge in [0.1, 0.15) is 27.0 Å². The predicted octanol–water partition coefficient (Wildman–Crippen LogP) is 2.09. The van der Waals surface area contributed by atoms with Crippen LogP contribution in [0.5, 0.6) is 0 Å². The van der Waals surface area contributed by atoms with E-state index in [0.29, 0.717) is 27.0 Å². The van der Waals surface area contributed by atoms with Crippen LogP contribution in [-0.4, -0.2) is 40.3 Å². The Labute approximate surface area is 105 Å². The van der Waals surface area contributed by atoms with Crippen LogP contribution >= 0.6 is 0 Å². The molecule has 103 valence electrons. The molecule has 0 aliphatic heterocycles. The van der Waals surface area contributed by atoms with Gasteiger partial charge < -0.3 is 18.9 Å². The van der Waals surface area contributed by atoms with Crippen LogP contribution in [0.25, 0.3) is 0 Å². The van der Waals surface area contributed by atoms with E-state index >= 15 is 0 Å². The maximum atomic E-state index is 5.20. The van der Waals surface area contributed by atoms with Crippen LogP contribution in [0, 0.1) is 0 Å². The van der Waals surface area contributed by atoms with Gasteiger partial charge in [-0.1, -0.05) is 26.7 Å². The minimum atomic E-state index is 0.302. The fraction of sp³-hybridized carbons (Fsp3) is 1.00. The van der Waals surface area contributed by atoms with Gasteiger partial charge in [0.15, 0.2) is 0 Å². The molecular weight excluding hydrogens is 222 g/mol. The Kier molecular flexibility index (Phi) is 15.6. The monoisotopic (exact) mass is 248 g/mol. The summed E-state index contributed by atoms with van der Waals surface area (Å²) in [5, 5.41) is 4.00. The summed E-state index contributed by atoms with van der Waals surface area (Å²) in [5.74, 6) is 0. The van der Waals surface area contributed by atoms with Crippen molar-refractivity contribution in [2.45, 2.75) is 39.5 Å². The fourth-order valence-corrected chi connectivity index (χ4v) is 0.969. The zero-order chi connectivity index (χ0) is 12.6. The van der Waals surface area contributed by atoms with Crippen molar-refractivity contribution in [3.8, 4) is 0 Å². The molecule has 0 heterocycles. The summed E-state index contributed by atoms with van der Waals surface area (Å²) in [7, 11) is 0. The average molecular weight is 248 g/mol. The lowest BCUT2D eigenvalue weighted by atomic mass is 10.4. The highest BCUT2D eigenvalue weighted by Gasteiger charge is 1.91. The smallest absolute Gasteiger partial charge is 0.148 e. The molecule has 0 atom stereocenters. The standard InChI is InChI=1S/C12H26NO4/c1-3-5-7-14-11-16-9-13-10-17-12-15-8-6-4-2/h3-12H2,1-2H3. The Morgan fingerprint density at radius 1 is 0.706 bits per heavy atom. The van der Waals surface area contributed by atoms with Gasteiger partial charge in [-0.05, 0) is 12.8 Å². The number of rotatable bonds is 14. The van der Waals surface area contributed by atoms with E-state index in [1.165, 1.54) is 0 Å². The largest absolute Gasteiger partial charge is 0.355 e. The maximum Gasteiger partial charge on any atom is 0.148 e. The van der Waals surface area contributed by atoms with Crippen LogP contribution in [0.1, 0.15) is 39.5 Å². The van der Waals surface area contributed by atoms with E-state index < -0.39 is 0 Å². The molecule has 0 saturated heterocycles. The van der Waals surface area contributed by atoms with E-state index in [-0.39, 0.29) is 0 Å². The molecule has 0 fully saturated rings. The molecule has 5 nitrogen and oxygen atoms in total. The normalized spacial score (nSPS) is 10.9. The second-order valence-corrected chi connectivity index (χ2v) is 3.65. The molecule has 0 aromatic carbocycles. The molecule has 0 rings (SSSR count). The van der Waals surface area contributed by atoms with Gasteiger partial charge in [0.05, 0.1) is 0 Å². The molecular formula is C12H26NO4. The van der Waals surface area contributed by atoms with Crippen LogP contribution < -0.4 is 5.32 Å². The lowest BCUT2D eigenvalue weighted by Crippen LogP contribution is -2.16. The molecule has 5 heteroatoms. The Bertz CT molecular complexity index is 122. The van der Waals surface area contributed by atoms with Gasteiger partial charge in [0.2, 0.25) is 0 Å². The minimum absolute atomic E-state index is 0.302. The highest BCUT2D eigenvalue weighted by molar-refractivity contribution is 4.30. The lowest BCUT2D eigenvalue weighted by Gasteiger charge is -2.06. The summed E-state index contributed by atoms with van der Waals surface area (Å²) >= 11 is 0. The molecule has 1 radical (unpaired) electrons. The Morgan fingerprint density at radius 2 is 1.18 bits per heavy atom. The molecule has 0 N–H and O–H groups in total. The molecule has 0 unspecified atom stereocenters. The molecule has 0 bridgehead atoms. The number of ether oxygens (including phenoxy) is 4. The third kappa shape index (κ3) is 15.8. The summed E-state index contributed by atoms with van der Waals surface area (Å²) in [6.07, 6.45) is 4.41. The molecule has 0 amide bonds. The molecule has 0 aliphatic carbocycles. The van der Waals surface area contributed by atoms with E-state index in [1.807, 2.05) is 0 Å². The highest BCUT2D eigenvalue weighted by Crippen LogP contribution is 1.89. The predicted molar refractivity (Wildman–Crippen MR) is 65.5 cm³/mol. The van der Waals surface area contributed by atoms with Gasteiger partial charge in [-0.3, -0.25) is 0 Å². The summed E-state index contributed by atoms with van der Waals surface area (Å²) < 4.78 is 20.6. The van der Waals surface area contributed by atoms with E-state index in [2.05, 4.69) is 19.2 Å². The first-order valence-electron chi connectivity index (χ1n) is 6.36. The highest BCUT2D eigenvalue weighted by atomic mass is 16.7. The summed E-state index contributed by atoms with van der Waals surface area (Å²) in [4.78, 5) is 0. The third-order valence-corrected chi connectivity index (χ3v) is 1.98. The van der Waals surface area contributed by atoms with Crippen LogP contribution in [0.3, 0.4) is 0 Å². The summed E-state index contributed by atoms with van der Waals surface area (Å²) in [5.41, 5.74) is 0. The summed E-state index contributed by atoms with van der Waals surface area (Å²) in [6.45, 7) is 6.96. The van der Waals surface area contributed by atoms with Gasteiger partial charge in [-0.25, -0.2) is 0 Å². The average Bonchev–Trinajstić information content (AvgIpc) is 2.35. The van der Waals surface area contributed by atoms with Crippen LogP contribution in [-0.2, 0) is 18.9 Å². The first-order valence-corrected chi connectivity index (χ1v) is 6.36. The van der Waals surface area contributed by atoms with Gasteiger partial charge in [-0.15, -0.1) is 0 Å². The molecule has 0 aliphatic rings. The van der Waals surface area contributed by atoms with Gasteiger partial charge >= 0.3 is 0 Å². The molecule has 0 aromatic rings. The van der Waals surface area contributed by atoms with Crippen molar-refractivity contribution in [2.75, 3.05) is 40.3 Å². The van der Waals surface area contributed by atoms with Crippen molar-refractivity contribution in [3.63, 3.8) is 0 Å². The fourth-order valence-electron chi connectivity index (χ4n) is 0.969. The molecule has 0 spiro atoms. The second-order valence-electron chi connectivity index (χ2n) is 3.65. The van der Waals surface area contributed by atoms with Crippen molar-refractivity contribution < 1.29 is 18.9 Å². The Balaban J connectivity index is 2.85. The van der Waals surface area contributed by atoms with Crippen LogP contribution in [0.4, 0.5) is 0 Å². The Morgan fingerprint density at radius 3 is 1.59 bits per heavy atom. The van der Waals surface area contributed by atoms with Gasteiger partial charge in [0.25, 0.3) is 0 Å². The van der Waals surface area contributed by atoms with Crippen LogP contribution in [0.2, 0.25) is 0 Å². The first-order chi connectivity index (χ1) is 8.41. The minimum Gasteiger partial charge on any atom is -0.355 e. The quantitative estimate of drug-likeness (QED) is 0.349. The number of unbranched alkanes of at least 4 members (excludes halogenated alkanes) is 2. The lowest BCUT2D eigenvalue weighted by molar-refractivity contribution is -0.0885. The van der Waals surface area contributed by atoms with Crippen LogP contribution in [0.15, 0.2) is 0 Å². The van der Waals surface area contributed by atoms with Crippen molar-refractivity contribution in [1.29, 1.82) is 0 Å². The summed E-state index contributed by atoms with van der Waals surface area (Å²) in [6, 6.07) is 0. The van der Waals surface area contributed by atoms with Crippen molar-refractivity contribution in [1.82, 2.24) is 5.32 Å². The zero-order valence-electron chi connectivity index (χ0n) is 11.2. The van der Waals surface area contributed by atoms with E-state index in [1.54, 1.807) is 0 Å². The number of hydrogen-bond acceptors (Lipinski definition) is 4. The SMILES string of the molecule is CCCCOCOC[N]COCOCCCC. The maximum absolute atomic E-state index is 5.20. The van der Waals surface area contributed by atoms with Crippen molar-refractivity contribution >= 4 is 0 Å². The molecule has 0 saturated carbocycles. The van der Waals surface area contributed by atoms with E-state index in [0.717, 1.165) is 38.9 Å². The third-order valence-electron chi connectivity index (χ3n) is 1.98. The van der Waals surface area contributed by atoms with Gasteiger partial charge in [0, 0.05) is 13.2 Å². The molecule has 0 aromatic heterocycles. The van der Waals surface area contributed by atoms with Crippen molar-refractivity contribution in [3.05, 3.63) is 0 Å². The van der Waals surface area contributed by atoms with Gasteiger partial charge in [-0.2, -0.15) is 5.32 Å². The van der Waals surface area contributed by atoms with E-state index in [4.69, 9.17) is 18.9 Å². The second kappa shape index (κ2) is 15.8. The number of hydrogen-bond donors (Lipinski definition) is 0. The Hall–Kier alpha value is -0.200. The van der Waals surface area contributed by atoms with E-state index in [9.17, 15) is 0 Å². The van der Waals surface area contributed by atoms with Crippen molar-refractivity contribution in [2.24, 2.45) is 0 Å². The number of nitrogens with zero attached hydrogens (tertiary/aromatic N) is 1.